The molecule has 0 rings (SSSR count). The Kier molecular flexibility index (Phi) is 5.57. The zero-order valence-corrected chi connectivity index (χ0v) is 10.6. The lowest BCUT2D eigenvalue weighted by molar-refractivity contribution is -0.131. The van der Waals surface area contributed by atoms with Crippen molar-refractivity contribution in [2.24, 2.45) is 5.73 Å². The van der Waals surface area contributed by atoms with Crippen LogP contribution in [-0.2, 0) is 14.6 Å². The summed E-state index contributed by atoms with van der Waals surface area (Å²) in [7, 11) is -4.89. The maximum atomic E-state index is 14.0. The molecule has 0 fully saturated rings. The van der Waals surface area contributed by atoms with Gasteiger partial charge >= 0.3 is 6.18 Å². The molecule has 18 heavy (non-hydrogen) atoms. The molecule has 0 saturated carbocycles. The topological polar surface area (TPSA) is 77.2 Å². The second kappa shape index (κ2) is 5.85. The zero-order chi connectivity index (χ0) is 14.6. The number of carbonyl (C=O) groups excluding carboxylic acids is 1. The van der Waals surface area contributed by atoms with Gasteiger partial charge in [-0.15, -0.1) is 0 Å². The van der Waals surface area contributed by atoms with Gasteiger partial charge in [0.1, 0.15) is 0 Å². The number of unbranched alkanes of at least 4 members (excludes halogenated alkanes) is 1. The van der Waals surface area contributed by atoms with Crippen LogP contribution in [0.25, 0.3) is 0 Å². The number of sulfone groups is 1. The summed E-state index contributed by atoms with van der Waals surface area (Å²) in [5.74, 6) is -3.25. The third-order valence-corrected chi connectivity index (χ3v) is 4.50. The fourth-order valence-corrected chi connectivity index (χ4v) is 2.83. The molecule has 0 spiro atoms. The Morgan fingerprint density at radius 3 is 2.00 bits per heavy atom. The Morgan fingerprint density at radius 2 is 1.67 bits per heavy atom. The number of halogens is 4. The summed E-state index contributed by atoms with van der Waals surface area (Å²) in [6.45, 7) is 1.61. The molecule has 0 aliphatic rings. The first kappa shape index (κ1) is 17.1. The second-order valence-electron chi connectivity index (χ2n) is 3.88. The number of rotatable bonds is 7. The van der Waals surface area contributed by atoms with Crippen LogP contribution in [0.1, 0.15) is 32.6 Å². The average molecular weight is 293 g/mol. The van der Waals surface area contributed by atoms with Gasteiger partial charge < -0.3 is 5.73 Å². The van der Waals surface area contributed by atoms with Gasteiger partial charge in [0.05, 0.1) is 12.2 Å². The number of carbonyl (C=O) groups is 1. The maximum absolute atomic E-state index is 14.0. The van der Waals surface area contributed by atoms with Crippen molar-refractivity contribution in [3.63, 3.8) is 0 Å². The number of hydrogen-bond acceptors (Lipinski definition) is 3. The molecule has 4 nitrogen and oxygen atoms in total. The molecule has 0 aliphatic carbocycles. The summed E-state index contributed by atoms with van der Waals surface area (Å²) < 4.78 is 72.7. The standard InChI is InChI=1S/C9H15F4NO3S/c1-2-3-4-8(10,7(14)15)18(16,17)6-5-9(11,12)13/h2-6H2,1H3,(H2,14,15). The van der Waals surface area contributed by atoms with E-state index in [1.54, 1.807) is 6.92 Å². The smallest absolute Gasteiger partial charge is 0.366 e. The minimum atomic E-state index is -4.89. The van der Waals surface area contributed by atoms with E-state index in [4.69, 9.17) is 0 Å². The Morgan fingerprint density at radius 1 is 1.17 bits per heavy atom. The van der Waals surface area contributed by atoms with Crippen LogP contribution in [-0.4, -0.2) is 31.3 Å². The highest BCUT2D eigenvalue weighted by atomic mass is 32.2. The third-order valence-electron chi connectivity index (χ3n) is 2.37. The van der Waals surface area contributed by atoms with Gasteiger partial charge in [-0.1, -0.05) is 13.3 Å². The van der Waals surface area contributed by atoms with Gasteiger partial charge in [0.15, 0.2) is 9.84 Å². The van der Waals surface area contributed by atoms with Crippen LogP contribution in [0.5, 0.6) is 0 Å². The maximum Gasteiger partial charge on any atom is 0.390 e. The van der Waals surface area contributed by atoms with Crippen molar-refractivity contribution >= 4 is 15.7 Å². The normalized spacial score (nSPS) is 16.3. The molecule has 0 bridgehead atoms. The summed E-state index contributed by atoms with van der Waals surface area (Å²) >= 11 is 0. The Balaban J connectivity index is 5.05. The average Bonchev–Trinajstić information content (AvgIpc) is 2.21. The van der Waals surface area contributed by atoms with Gasteiger partial charge in [-0.2, -0.15) is 13.2 Å². The lowest BCUT2D eigenvalue weighted by Crippen LogP contribution is -2.48. The molecule has 0 heterocycles. The number of primary amides is 1. The minimum absolute atomic E-state index is 0.0324. The zero-order valence-electron chi connectivity index (χ0n) is 9.76. The highest BCUT2D eigenvalue weighted by Gasteiger charge is 2.50. The van der Waals surface area contributed by atoms with E-state index < -0.39 is 45.5 Å². The molecule has 1 unspecified atom stereocenters. The van der Waals surface area contributed by atoms with Gasteiger partial charge in [-0.3, -0.25) is 4.79 Å². The molecular formula is C9H15F4NO3S. The summed E-state index contributed by atoms with van der Waals surface area (Å²) in [6.07, 6.45) is -6.76. The van der Waals surface area contributed by atoms with E-state index in [1.807, 2.05) is 0 Å². The van der Waals surface area contributed by atoms with E-state index in [0.717, 1.165) is 0 Å². The Bertz CT molecular complexity index is 393. The number of nitrogens with two attached hydrogens (primary N) is 1. The minimum Gasteiger partial charge on any atom is -0.366 e. The molecule has 0 aromatic heterocycles. The van der Waals surface area contributed by atoms with Crippen LogP contribution >= 0.6 is 0 Å². The van der Waals surface area contributed by atoms with Crippen LogP contribution in [0.15, 0.2) is 0 Å². The molecule has 2 N–H and O–H groups in total. The van der Waals surface area contributed by atoms with Gasteiger partial charge in [0.2, 0.25) is 0 Å². The highest BCUT2D eigenvalue weighted by Crippen LogP contribution is 2.30. The Hall–Kier alpha value is -0.860. The fraction of sp³-hybridized carbons (Fsp3) is 0.889. The van der Waals surface area contributed by atoms with Gasteiger partial charge in [0, 0.05) is 6.42 Å². The van der Waals surface area contributed by atoms with Crippen molar-refractivity contribution in [2.75, 3.05) is 5.75 Å². The van der Waals surface area contributed by atoms with Crippen LogP contribution in [0.4, 0.5) is 17.6 Å². The molecule has 0 aliphatic heterocycles. The fourth-order valence-electron chi connectivity index (χ4n) is 1.25. The monoisotopic (exact) mass is 293 g/mol. The molecule has 9 heteroatoms. The molecule has 0 aromatic carbocycles. The van der Waals surface area contributed by atoms with Crippen molar-refractivity contribution in [3.8, 4) is 0 Å². The first-order valence-electron chi connectivity index (χ1n) is 5.24. The van der Waals surface area contributed by atoms with E-state index in [1.165, 1.54) is 0 Å². The van der Waals surface area contributed by atoms with E-state index in [-0.39, 0.29) is 6.42 Å². The van der Waals surface area contributed by atoms with E-state index >= 15 is 0 Å². The van der Waals surface area contributed by atoms with Crippen molar-refractivity contribution in [3.05, 3.63) is 0 Å². The van der Waals surface area contributed by atoms with Crippen LogP contribution in [0.3, 0.4) is 0 Å². The van der Waals surface area contributed by atoms with Crippen molar-refractivity contribution in [1.82, 2.24) is 0 Å². The lowest BCUT2D eigenvalue weighted by Gasteiger charge is -2.22. The largest absolute Gasteiger partial charge is 0.390 e. The number of alkyl halides is 4. The van der Waals surface area contributed by atoms with Crippen molar-refractivity contribution in [1.29, 1.82) is 0 Å². The van der Waals surface area contributed by atoms with Crippen LogP contribution < -0.4 is 5.73 Å². The quantitative estimate of drug-likeness (QED) is 0.726. The predicted molar refractivity (Wildman–Crippen MR) is 57.0 cm³/mol. The molecule has 0 radical (unpaired) electrons. The SMILES string of the molecule is CCCCC(F)(C(N)=O)S(=O)(=O)CCC(F)(F)F. The number of amides is 1. The van der Waals surface area contributed by atoms with Gasteiger partial charge in [-0.25, -0.2) is 12.8 Å². The lowest BCUT2D eigenvalue weighted by atomic mass is 10.1. The van der Waals surface area contributed by atoms with E-state index in [9.17, 15) is 30.8 Å². The summed E-state index contributed by atoms with van der Waals surface area (Å²) in [4.78, 5) is 10.9. The van der Waals surface area contributed by atoms with Gasteiger partial charge in [-0.05, 0) is 6.42 Å². The highest BCUT2D eigenvalue weighted by molar-refractivity contribution is 7.93. The molecule has 0 aromatic rings. The van der Waals surface area contributed by atoms with E-state index in [2.05, 4.69) is 5.73 Å². The summed E-state index contributed by atoms with van der Waals surface area (Å²) in [5.41, 5.74) is 4.66. The molecule has 108 valence electrons. The van der Waals surface area contributed by atoms with Gasteiger partial charge in [0.25, 0.3) is 10.9 Å². The molecule has 1 amide bonds. The molecule has 1 atom stereocenters. The van der Waals surface area contributed by atoms with Crippen molar-refractivity contribution < 1.29 is 30.8 Å². The molecular weight excluding hydrogens is 278 g/mol. The van der Waals surface area contributed by atoms with E-state index in [0.29, 0.717) is 6.42 Å². The summed E-state index contributed by atoms with van der Waals surface area (Å²) in [6, 6.07) is 0. The first-order chi connectivity index (χ1) is 7.96. The first-order valence-corrected chi connectivity index (χ1v) is 6.89. The predicted octanol–water partition coefficient (Wildman–Crippen LogP) is 1.69. The second-order valence-corrected chi connectivity index (χ2v) is 6.17. The third kappa shape index (κ3) is 4.43. The van der Waals surface area contributed by atoms with Crippen LogP contribution in [0.2, 0.25) is 0 Å². The number of hydrogen-bond donors (Lipinski definition) is 1. The summed E-state index contributed by atoms with van der Waals surface area (Å²) in [5, 5.41) is -3.42. The van der Waals surface area contributed by atoms with Crippen molar-refractivity contribution in [2.45, 2.75) is 43.8 Å². The molecule has 0 saturated heterocycles. The van der Waals surface area contributed by atoms with Crippen LogP contribution in [0, 0.1) is 0 Å². The Labute approximate surface area is 102 Å².